The van der Waals surface area contributed by atoms with Crippen molar-refractivity contribution >= 4 is 40.5 Å². The number of carbonyl (C=O) groups is 1. The number of carbonyl (C=O) groups excluding carboxylic acids is 1. The summed E-state index contributed by atoms with van der Waals surface area (Å²) in [4.78, 5) is 13.8. The smallest absolute Gasteiger partial charge is 0.251 e. The summed E-state index contributed by atoms with van der Waals surface area (Å²) in [6.45, 7) is 5.80. The van der Waals surface area contributed by atoms with E-state index in [0.29, 0.717) is 43.1 Å². The van der Waals surface area contributed by atoms with Crippen LogP contribution in [0.3, 0.4) is 0 Å². The van der Waals surface area contributed by atoms with E-state index >= 15 is 0 Å². The van der Waals surface area contributed by atoms with Crippen molar-refractivity contribution in [1.29, 1.82) is 0 Å². The normalized spacial score (nSPS) is 20.1. The maximum Gasteiger partial charge on any atom is 0.251 e. The number of nitrogens with zero attached hydrogens (tertiary/aromatic N) is 1. The fraction of sp³-hybridized carbons (Fsp3) is 0.594. The molecule has 0 spiro atoms. The Hall–Kier alpha value is -2.01. The fourth-order valence-electron chi connectivity index (χ4n) is 6.39. The summed E-state index contributed by atoms with van der Waals surface area (Å²) in [5, 5.41) is 21.6. The lowest BCUT2D eigenvalue weighted by molar-refractivity contribution is 0.0784. The highest BCUT2D eigenvalue weighted by Crippen LogP contribution is 2.50. The third kappa shape index (κ3) is 9.24. The highest BCUT2D eigenvalue weighted by Gasteiger charge is 2.33. The van der Waals surface area contributed by atoms with E-state index in [2.05, 4.69) is 22.9 Å². The van der Waals surface area contributed by atoms with Gasteiger partial charge in [-0.1, -0.05) is 62.9 Å². The van der Waals surface area contributed by atoms with E-state index in [-0.39, 0.29) is 23.9 Å². The summed E-state index contributed by atoms with van der Waals surface area (Å²) in [5.74, 6) is 0.0399. The molecule has 8 nitrogen and oxygen atoms in total. The number of hydrogen-bond donors (Lipinski definition) is 6. The zero-order valence-electron chi connectivity index (χ0n) is 25.2. The molecule has 42 heavy (non-hydrogen) atoms. The molecule has 10 heteroatoms. The van der Waals surface area contributed by atoms with Gasteiger partial charge in [0.15, 0.2) is 0 Å². The topological polar surface area (TPSA) is 117 Å². The Morgan fingerprint density at radius 1 is 1.02 bits per heavy atom. The minimum Gasteiger partial charge on any atom is -0.390 e. The van der Waals surface area contributed by atoms with Crippen molar-refractivity contribution in [2.75, 3.05) is 35.0 Å². The average Bonchev–Trinajstić information content (AvgIpc) is 2.96. The van der Waals surface area contributed by atoms with Crippen LogP contribution in [0.1, 0.15) is 87.6 Å². The van der Waals surface area contributed by atoms with Crippen LogP contribution in [0.2, 0.25) is 0 Å². The maximum atomic E-state index is 13.8. The molecule has 2 aromatic rings. The van der Waals surface area contributed by atoms with Crippen LogP contribution in [0.25, 0.3) is 0 Å². The Morgan fingerprint density at radius 3 is 2.43 bits per heavy atom. The van der Waals surface area contributed by atoms with Gasteiger partial charge >= 0.3 is 0 Å². The van der Waals surface area contributed by atoms with Gasteiger partial charge in [-0.05, 0) is 69.2 Å². The molecular formula is C32H51ClN4O4S. The quantitative estimate of drug-likeness (QED) is 0.149. The zero-order chi connectivity index (χ0) is 29.3. The lowest BCUT2D eigenvalue weighted by atomic mass is 9.78. The van der Waals surface area contributed by atoms with Gasteiger partial charge in [-0.2, -0.15) is 0 Å². The van der Waals surface area contributed by atoms with Gasteiger partial charge in [0.25, 0.3) is 5.91 Å². The second-order valence-electron chi connectivity index (χ2n) is 11.8. The number of halogens is 1. The van der Waals surface area contributed by atoms with E-state index in [9.17, 15) is 19.0 Å². The summed E-state index contributed by atoms with van der Waals surface area (Å²) in [7, 11) is -2.93. The molecule has 2 fully saturated rings. The van der Waals surface area contributed by atoms with Gasteiger partial charge in [-0.25, -0.2) is 0 Å². The van der Waals surface area contributed by atoms with Crippen molar-refractivity contribution in [1.82, 2.24) is 10.6 Å². The molecular weight excluding hydrogens is 572 g/mol. The van der Waals surface area contributed by atoms with E-state index in [1.807, 2.05) is 43.3 Å². The molecule has 236 valence electrons. The van der Waals surface area contributed by atoms with Gasteiger partial charge in [0.2, 0.25) is 0 Å². The first-order valence-corrected chi connectivity index (χ1v) is 17.1. The lowest BCUT2D eigenvalue weighted by Gasteiger charge is -2.47. The predicted molar refractivity (Wildman–Crippen MR) is 178 cm³/mol. The van der Waals surface area contributed by atoms with Crippen molar-refractivity contribution < 1.29 is 19.0 Å². The number of hydrogen-bond acceptors (Lipinski definition) is 7. The first-order valence-electron chi connectivity index (χ1n) is 15.5. The van der Waals surface area contributed by atoms with E-state index < -0.39 is 22.9 Å². The largest absolute Gasteiger partial charge is 0.390 e. The molecule has 0 bridgehead atoms. The first-order chi connectivity index (χ1) is 19.7. The van der Waals surface area contributed by atoms with Crippen LogP contribution < -0.4 is 20.3 Å². The third-order valence-electron chi connectivity index (χ3n) is 8.54. The number of aliphatic hydroxyl groups is 1. The standard InChI is InChI=1S/C32H50N4O4S.ClH/c1-3-15-32(16-9-6-10-17-32)34-24-30(37)29(20-25-13-7-5-8-14-25)35-31(38)26-21-27(33-4-2)23-28(22-26)36-18-11-12-19-41(36,39)40;/h5,7-8,13-14,21-23,29-30,33-34,37,39-40H,3-4,6,9-12,15-20,24H2,1-2H3,(H,35,38);1H/t29-,30+;/m0./s1. The van der Waals surface area contributed by atoms with Gasteiger partial charge in [0, 0.05) is 36.4 Å². The maximum absolute atomic E-state index is 13.8. The van der Waals surface area contributed by atoms with Crippen LogP contribution in [0.4, 0.5) is 11.4 Å². The Balaban J connectivity index is 0.00000484. The van der Waals surface area contributed by atoms with Gasteiger partial charge < -0.3 is 21.1 Å². The van der Waals surface area contributed by atoms with Gasteiger partial charge in [-0.15, -0.1) is 23.2 Å². The molecule has 1 aliphatic carbocycles. The number of β-amino-alcohol motifs (C(OH)–C–C–N with tert-alkyl or cyclic N) is 1. The van der Waals surface area contributed by atoms with Crippen molar-refractivity contribution in [2.45, 2.75) is 95.7 Å². The van der Waals surface area contributed by atoms with Crippen molar-refractivity contribution in [3.05, 3.63) is 59.7 Å². The number of anilines is 2. The summed E-state index contributed by atoms with van der Waals surface area (Å²) in [6.07, 6.45) is 9.47. The molecule has 2 aromatic carbocycles. The summed E-state index contributed by atoms with van der Waals surface area (Å²) in [6, 6.07) is 14.8. The molecule has 0 radical (unpaired) electrons. The molecule has 1 saturated heterocycles. The lowest BCUT2D eigenvalue weighted by Crippen LogP contribution is -2.54. The fourth-order valence-corrected chi connectivity index (χ4v) is 8.06. The van der Waals surface area contributed by atoms with Crippen LogP contribution >= 0.6 is 23.2 Å². The monoisotopic (exact) mass is 622 g/mol. The van der Waals surface area contributed by atoms with E-state index in [0.717, 1.165) is 49.8 Å². The van der Waals surface area contributed by atoms with E-state index in [1.54, 1.807) is 16.4 Å². The second-order valence-corrected chi connectivity index (χ2v) is 13.9. The van der Waals surface area contributed by atoms with Crippen LogP contribution in [0, 0.1) is 0 Å². The molecule has 1 amide bonds. The average molecular weight is 623 g/mol. The highest BCUT2D eigenvalue weighted by atomic mass is 35.5. The van der Waals surface area contributed by atoms with Gasteiger partial charge in [0.05, 0.1) is 23.6 Å². The van der Waals surface area contributed by atoms with E-state index in [1.165, 1.54) is 19.3 Å². The van der Waals surface area contributed by atoms with E-state index in [4.69, 9.17) is 0 Å². The molecule has 2 atom stereocenters. The molecule has 0 aromatic heterocycles. The Morgan fingerprint density at radius 2 is 1.76 bits per heavy atom. The summed E-state index contributed by atoms with van der Waals surface area (Å²) < 4.78 is 23.1. The van der Waals surface area contributed by atoms with Crippen LogP contribution in [0.15, 0.2) is 48.5 Å². The summed E-state index contributed by atoms with van der Waals surface area (Å²) >= 11 is 0. The minimum absolute atomic E-state index is 0. The SMILES string of the molecule is CCCC1(NC[C@@H](O)[C@H](Cc2ccccc2)NC(=O)c2cc(NCC)cc(N3CCCCS3(O)O)c2)CCCCC1.Cl. The zero-order valence-corrected chi connectivity index (χ0v) is 26.8. The first kappa shape index (κ1) is 34.5. The van der Waals surface area contributed by atoms with Crippen LogP contribution in [-0.4, -0.2) is 63.2 Å². The van der Waals surface area contributed by atoms with Gasteiger partial charge in [-0.3, -0.25) is 18.2 Å². The third-order valence-corrected chi connectivity index (χ3v) is 10.5. The number of aliphatic hydroxyl groups excluding tert-OH is 1. The van der Waals surface area contributed by atoms with Gasteiger partial charge in [0.1, 0.15) is 0 Å². The Kier molecular flexibility index (Phi) is 13.3. The van der Waals surface area contributed by atoms with Crippen LogP contribution in [0.5, 0.6) is 0 Å². The number of amides is 1. The number of rotatable bonds is 13. The number of nitrogens with one attached hydrogen (secondary N) is 3. The number of benzene rings is 2. The molecule has 0 unspecified atom stereocenters. The molecule has 6 N–H and O–H groups in total. The molecule has 1 aliphatic heterocycles. The second kappa shape index (κ2) is 16.2. The summed E-state index contributed by atoms with van der Waals surface area (Å²) in [5.41, 5.74) is 2.89. The van der Waals surface area contributed by atoms with Crippen molar-refractivity contribution in [2.24, 2.45) is 0 Å². The Labute approximate surface area is 259 Å². The predicted octanol–water partition coefficient (Wildman–Crippen LogP) is 6.60. The molecule has 2 aliphatic rings. The van der Waals surface area contributed by atoms with Crippen molar-refractivity contribution in [3.63, 3.8) is 0 Å². The molecule has 4 rings (SSSR count). The molecule has 1 heterocycles. The molecule has 1 saturated carbocycles. The Bertz CT molecular complexity index is 1110. The van der Waals surface area contributed by atoms with Crippen LogP contribution in [-0.2, 0) is 6.42 Å². The minimum atomic E-state index is -2.93. The highest BCUT2D eigenvalue weighted by molar-refractivity contribution is 8.25. The van der Waals surface area contributed by atoms with Crippen molar-refractivity contribution in [3.8, 4) is 0 Å².